The second-order valence-electron chi connectivity index (χ2n) is 2.42. The largest absolute Gasteiger partial charge is 0.478 e. The number of carboxylic acids is 1. The normalized spacial score (nSPS) is 11.5. The molecule has 1 N–H and O–H groups in total. The molecule has 0 aromatic carbocycles. The van der Waals surface area contributed by atoms with Gasteiger partial charge in [0.1, 0.15) is 5.15 Å². The Bertz CT molecular complexity index is 447. The summed E-state index contributed by atoms with van der Waals surface area (Å²) in [6.45, 7) is 0. The van der Waals surface area contributed by atoms with Gasteiger partial charge in [-0.1, -0.05) is 11.6 Å². The van der Waals surface area contributed by atoms with Crippen LogP contribution in [-0.4, -0.2) is 29.7 Å². The third kappa shape index (κ3) is 2.02. The quantitative estimate of drug-likeness (QED) is 0.799. The molecule has 5 nitrogen and oxygen atoms in total. The van der Waals surface area contributed by atoms with Crippen molar-refractivity contribution in [2.45, 2.75) is 0 Å². The number of hydrogen-bond acceptors (Lipinski definition) is 3. The lowest BCUT2D eigenvalue weighted by Gasteiger charge is -1.98. The van der Waals surface area contributed by atoms with E-state index in [0.29, 0.717) is 3.97 Å². The maximum atomic E-state index is 11.0. The van der Waals surface area contributed by atoms with Crippen LogP contribution in [0, 0.1) is 0 Å². The minimum absolute atomic E-state index is 0.139. The second kappa shape index (κ2) is 3.04. The summed E-state index contributed by atoms with van der Waals surface area (Å²) in [5, 5.41) is 8.38. The van der Waals surface area contributed by atoms with Crippen LogP contribution in [0.1, 0.15) is 10.4 Å². The van der Waals surface area contributed by atoms with Crippen molar-refractivity contribution in [3.05, 3.63) is 23.0 Å². The van der Waals surface area contributed by atoms with Gasteiger partial charge >= 0.3 is 5.97 Å². The van der Waals surface area contributed by atoms with Crippen molar-refractivity contribution in [1.29, 1.82) is 0 Å². The molecule has 0 amide bonds. The maximum Gasteiger partial charge on any atom is 0.337 e. The number of aromatic nitrogens is 1. The number of halogens is 1. The molecule has 0 saturated carbocycles. The molecule has 0 aliphatic carbocycles. The van der Waals surface area contributed by atoms with Crippen molar-refractivity contribution >= 4 is 27.6 Å². The van der Waals surface area contributed by atoms with E-state index in [-0.39, 0.29) is 10.7 Å². The van der Waals surface area contributed by atoms with Crippen molar-refractivity contribution in [2.24, 2.45) is 0 Å². The minimum Gasteiger partial charge on any atom is -0.478 e. The van der Waals surface area contributed by atoms with E-state index in [9.17, 15) is 13.2 Å². The molecule has 0 bridgehead atoms. The molecule has 0 spiro atoms. The van der Waals surface area contributed by atoms with E-state index in [4.69, 9.17) is 16.7 Å². The van der Waals surface area contributed by atoms with E-state index in [2.05, 4.69) is 0 Å². The number of nitrogens with zero attached hydrogens (tertiary/aromatic N) is 1. The van der Waals surface area contributed by atoms with Gasteiger partial charge in [-0.05, 0) is 6.07 Å². The topological polar surface area (TPSA) is 76.4 Å². The highest BCUT2D eigenvalue weighted by atomic mass is 35.5. The lowest BCUT2D eigenvalue weighted by molar-refractivity contribution is 0.0697. The molecule has 0 atom stereocenters. The van der Waals surface area contributed by atoms with E-state index < -0.39 is 16.0 Å². The summed E-state index contributed by atoms with van der Waals surface area (Å²) in [6, 6.07) is 1.07. The Labute approximate surface area is 79.6 Å². The van der Waals surface area contributed by atoms with Gasteiger partial charge in [0.05, 0.1) is 11.8 Å². The monoisotopic (exact) mass is 223 g/mol. The first kappa shape index (κ1) is 10.1. The zero-order valence-corrected chi connectivity index (χ0v) is 8.13. The van der Waals surface area contributed by atoms with Crippen molar-refractivity contribution in [3.8, 4) is 0 Å². The van der Waals surface area contributed by atoms with Crippen molar-refractivity contribution in [3.63, 3.8) is 0 Å². The van der Waals surface area contributed by atoms with E-state index in [0.717, 1.165) is 18.5 Å². The highest BCUT2D eigenvalue weighted by molar-refractivity contribution is 7.89. The van der Waals surface area contributed by atoms with Gasteiger partial charge in [-0.3, -0.25) is 0 Å². The second-order valence-corrected chi connectivity index (χ2v) is 4.66. The molecule has 0 unspecified atom stereocenters. The predicted octanol–water partition coefficient (Wildman–Crippen LogP) is 0.647. The zero-order chi connectivity index (χ0) is 10.2. The number of carbonyl (C=O) groups is 1. The zero-order valence-electron chi connectivity index (χ0n) is 6.56. The summed E-state index contributed by atoms with van der Waals surface area (Å²) in [6.07, 6.45) is 1.89. The summed E-state index contributed by atoms with van der Waals surface area (Å²) in [4.78, 5) is 10.4. The average Bonchev–Trinajstić information content (AvgIpc) is 2.29. The van der Waals surface area contributed by atoms with Gasteiger partial charge in [-0.2, -0.15) is 0 Å². The Balaban J connectivity index is 3.35. The fraction of sp³-hybridized carbons (Fsp3) is 0.167. The third-order valence-electron chi connectivity index (χ3n) is 1.35. The van der Waals surface area contributed by atoms with E-state index in [1.165, 1.54) is 0 Å². The van der Waals surface area contributed by atoms with Crippen LogP contribution in [0.5, 0.6) is 0 Å². The fourth-order valence-corrected chi connectivity index (χ4v) is 2.01. The lowest BCUT2D eigenvalue weighted by Crippen LogP contribution is -2.08. The van der Waals surface area contributed by atoms with Crippen LogP contribution in [-0.2, 0) is 10.0 Å². The first-order valence-electron chi connectivity index (χ1n) is 3.14. The molecule has 72 valence electrons. The van der Waals surface area contributed by atoms with Crippen LogP contribution < -0.4 is 0 Å². The molecular weight excluding hydrogens is 218 g/mol. The van der Waals surface area contributed by atoms with Gasteiger partial charge in [0.2, 0.25) is 10.0 Å². The first-order chi connectivity index (χ1) is 5.82. The number of rotatable bonds is 2. The van der Waals surface area contributed by atoms with Gasteiger partial charge in [0, 0.05) is 6.20 Å². The molecule has 0 radical (unpaired) electrons. The molecule has 1 rings (SSSR count). The van der Waals surface area contributed by atoms with E-state index in [1.807, 2.05) is 0 Å². The maximum absolute atomic E-state index is 11.0. The standard InChI is InChI=1S/C6H6ClNO4S/c1-13(11,12)8-3-4(6(9)10)2-5(8)7/h2-3H,1H3,(H,9,10). The third-order valence-corrected chi connectivity index (χ3v) is 2.75. The molecule has 0 saturated heterocycles. The molecule has 1 aromatic rings. The first-order valence-corrected chi connectivity index (χ1v) is 5.36. The van der Waals surface area contributed by atoms with Gasteiger partial charge in [0.15, 0.2) is 0 Å². The molecule has 0 aliphatic rings. The van der Waals surface area contributed by atoms with Crippen LogP contribution in [0.4, 0.5) is 0 Å². The number of hydrogen-bond donors (Lipinski definition) is 1. The number of aromatic carboxylic acids is 1. The van der Waals surface area contributed by atoms with Crippen molar-refractivity contribution in [2.75, 3.05) is 6.26 Å². The van der Waals surface area contributed by atoms with Crippen LogP contribution >= 0.6 is 11.6 Å². The lowest BCUT2D eigenvalue weighted by atomic mass is 10.4. The van der Waals surface area contributed by atoms with Crippen molar-refractivity contribution < 1.29 is 18.3 Å². The van der Waals surface area contributed by atoms with Gasteiger partial charge < -0.3 is 5.11 Å². The Morgan fingerprint density at radius 3 is 2.38 bits per heavy atom. The smallest absolute Gasteiger partial charge is 0.337 e. The predicted molar refractivity (Wildman–Crippen MR) is 46.6 cm³/mol. The average molecular weight is 224 g/mol. The van der Waals surface area contributed by atoms with Crippen LogP contribution in [0.3, 0.4) is 0 Å². The summed E-state index contributed by atoms with van der Waals surface area (Å²) in [5.74, 6) is -1.22. The molecule has 0 aliphatic heterocycles. The Morgan fingerprint density at radius 1 is 1.62 bits per heavy atom. The summed E-state index contributed by atoms with van der Waals surface area (Å²) in [5.41, 5.74) is -0.157. The molecule has 13 heavy (non-hydrogen) atoms. The molecule has 0 fully saturated rings. The highest BCUT2D eigenvalue weighted by Crippen LogP contribution is 2.16. The minimum atomic E-state index is -3.52. The Kier molecular flexibility index (Phi) is 2.36. The van der Waals surface area contributed by atoms with E-state index >= 15 is 0 Å². The van der Waals surface area contributed by atoms with E-state index in [1.54, 1.807) is 0 Å². The molecule has 7 heteroatoms. The SMILES string of the molecule is CS(=O)(=O)n1cc(C(=O)O)cc1Cl. The van der Waals surface area contributed by atoms with Gasteiger partial charge in [-0.15, -0.1) is 0 Å². The molecule has 1 heterocycles. The summed E-state index contributed by atoms with van der Waals surface area (Å²) in [7, 11) is -3.52. The Morgan fingerprint density at radius 2 is 2.15 bits per heavy atom. The molecule has 1 aromatic heterocycles. The Hall–Kier alpha value is -1.01. The van der Waals surface area contributed by atoms with Crippen molar-refractivity contribution in [1.82, 2.24) is 3.97 Å². The van der Waals surface area contributed by atoms with Gasteiger partial charge in [0.25, 0.3) is 0 Å². The highest BCUT2D eigenvalue weighted by Gasteiger charge is 2.15. The summed E-state index contributed by atoms with van der Waals surface area (Å²) >= 11 is 5.49. The number of carboxylic acid groups (broad SMARTS) is 1. The fourth-order valence-electron chi connectivity index (χ4n) is 0.788. The summed E-state index contributed by atoms with van der Waals surface area (Å²) < 4.78 is 22.7. The van der Waals surface area contributed by atoms with Crippen LogP contribution in [0.25, 0.3) is 0 Å². The van der Waals surface area contributed by atoms with Crippen LogP contribution in [0.15, 0.2) is 12.3 Å². The molecular formula is C6H6ClNO4S. The van der Waals surface area contributed by atoms with Gasteiger partial charge in [-0.25, -0.2) is 17.2 Å². The van der Waals surface area contributed by atoms with Crippen LogP contribution in [0.2, 0.25) is 5.15 Å².